The molecular weight excluding hydrogens is 636 g/mol. The summed E-state index contributed by atoms with van der Waals surface area (Å²) in [5.74, 6) is -1.53. The zero-order valence-electron chi connectivity index (χ0n) is 23.8. The lowest BCUT2D eigenvalue weighted by atomic mass is 9.83. The van der Waals surface area contributed by atoms with Crippen molar-refractivity contribution in [2.24, 2.45) is 5.92 Å². The number of aliphatic carboxylic acids is 1. The Morgan fingerprint density at radius 1 is 1.19 bits per heavy atom. The van der Waals surface area contributed by atoms with Crippen molar-refractivity contribution >= 4 is 62.1 Å². The molecule has 1 aliphatic carbocycles. The Hall–Kier alpha value is -2.96. The molecule has 0 unspecified atom stereocenters. The van der Waals surface area contributed by atoms with E-state index in [1.807, 2.05) is 7.05 Å². The quantitative estimate of drug-likeness (QED) is 0.258. The average Bonchev–Trinajstić information content (AvgIpc) is 2.90. The summed E-state index contributed by atoms with van der Waals surface area (Å²) in [5.41, 5.74) is 0.282. The van der Waals surface area contributed by atoms with Gasteiger partial charge in [-0.1, -0.05) is 17.7 Å². The zero-order valence-corrected chi connectivity index (χ0v) is 26.1. The number of carboxylic acid groups (broad SMARTS) is 1. The summed E-state index contributed by atoms with van der Waals surface area (Å²) in [7, 11) is 1.97. The number of ether oxygens (including phenoxy) is 1. The van der Waals surface area contributed by atoms with Gasteiger partial charge in [-0.3, -0.25) is 14.7 Å². The fraction of sp³-hybridized carbons (Fsp3) is 0.483. The summed E-state index contributed by atoms with van der Waals surface area (Å²) in [4.78, 5) is 40.5. The van der Waals surface area contributed by atoms with Crippen LogP contribution in [0.5, 0.6) is 0 Å². The van der Waals surface area contributed by atoms with E-state index in [2.05, 4.69) is 35.8 Å². The largest absolute Gasteiger partial charge is 0.481 e. The van der Waals surface area contributed by atoms with Gasteiger partial charge < -0.3 is 9.84 Å². The molecule has 0 saturated heterocycles. The molecule has 1 N–H and O–H groups in total. The number of fused-ring (bicyclic) bond motifs is 1. The lowest BCUT2D eigenvalue weighted by Crippen LogP contribution is -2.35. The van der Waals surface area contributed by atoms with Gasteiger partial charge in [-0.2, -0.15) is 0 Å². The molecule has 1 amide bonds. The molecule has 2 heterocycles. The van der Waals surface area contributed by atoms with E-state index in [4.69, 9.17) is 21.4 Å². The number of rotatable bonds is 8. The van der Waals surface area contributed by atoms with Crippen LogP contribution in [0.1, 0.15) is 70.7 Å². The van der Waals surface area contributed by atoms with E-state index in [0.717, 1.165) is 36.1 Å². The van der Waals surface area contributed by atoms with Crippen LogP contribution in [0.15, 0.2) is 34.9 Å². The SMILES string of the molecule is CN(Cc1cnc2c(N(C(=O)OC(C)(C)C)c3cccc(Br)c3Cl)nc(C(F)F)nc2c1)C1CCC(CC(=O)O)CC1. The fourth-order valence-electron chi connectivity index (χ4n) is 5.13. The van der Waals surface area contributed by atoms with Crippen LogP contribution in [-0.2, 0) is 16.1 Å². The van der Waals surface area contributed by atoms with Crippen LogP contribution in [0.25, 0.3) is 11.0 Å². The minimum absolute atomic E-state index is 0.127. The van der Waals surface area contributed by atoms with E-state index in [1.165, 1.54) is 0 Å². The van der Waals surface area contributed by atoms with Crippen LogP contribution < -0.4 is 4.90 Å². The molecule has 3 aromatic rings. The Kier molecular flexibility index (Phi) is 9.99. The number of benzene rings is 1. The number of carbonyl (C=O) groups excluding carboxylic acids is 1. The molecule has 1 aromatic carbocycles. The van der Waals surface area contributed by atoms with E-state index < -0.39 is 29.9 Å². The molecule has 0 radical (unpaired) electrons. The molecule has 1 aliphatic rings. The molecule has 0 bridgehead atoms. The first kappa shape index (κ1) is 32.0. The average molecular weight is 669 g/mol. The minimum Gasteiger partial charge on any atom is -0.481 e. The van der Waals surface area contributed by atoms with Crippen LogP contribution in [0, 0.1) is 5.92 Å². The number of hydrogen-bond acceptors (Lipinski definition) is 7. The number of aromatic nitrogens is 3. The number of nitrogens with zero attached hydrogens (tertiary/aromatic N) is 5. The van der Waals surface area contributed by atoms with Crippen LogP contribution in [0.3, 0.4) is 0 Å². The van der Waals surface area contributed by atoms with E-state index in [-0.39, 0.29) is 45.9 Å². The highest BCUT2D eigenvalue weighted by Crippen LogP contribution is 2.39. The molecule has 2 aromatic heterocycles. The Balaban J connectivity index is 1.72. The predicted molar refractivity (Wildman–Crippen MR) is 159 cm³/mol. The van der Waals surface area contributed by atoms with Crippen molar-refractivity contribution in [1.29, 1.82) is 0 Å². The monoisotopic (exact) mass is 667 g/mol. The summed E-state index contributed by atoms with van der Waals surface area (Å²) >= 11 is 9.91. The minimum atomic E-state index is -3.01. The van der Waals surface area contributed by atoms with Crippen LogP contribution in [0.4, 0.5) is 25.1 Å². The Morgan fingerprint density at radius 3 is 2.50 bits per heavy atom. The normalized spacial score (nSPS) is 17.6. The van der Waals surface area contributed by atoms with Crippen molar-refractivity contribution in [3.63, 3.8) is 0 Å². The molecule has 1 fully saturated rings. The van der Waals surface area contributed by atoms with Crippen molar-refractivity contribution in [2.45, 2.75) is 77.5 Å². The van der Waals surface area contributed by atoms with Gasteiger partial charge in [-0.25, -0.2) is 28.4 Å². The lowest BCUT2D eigenvalue weighted by Gasteiger charge is -2.34. The number of pyridine rings is 1. The van der Waals surface area contributed by atoms with Gasteiger partial charge in [-0.15, -0.1) is 0 Å². The Bertz CT molecular complexity index is 1460. The Morgan fingerprint density at radius 2 is 1.88 bits per heavy atom. The zero-order chi connectivity index (χ0) is 30.8. The standard InChI is InChI=1S/C29H33BrClF2N5O4/c1-29(2,3)42-28(41)38(21-7-5-6-19(30)23(21)31)27-24-20(35-26(36-27)25(32)33)12-17(14-34-24)15-37(4)18-10-8-16(9-11-18)13-22(39)40/h5-7,12,14,16,18,25H,8-11,13,15H2,1-4H3,(H,39,40). The van der Waals surface area contributed by atoms with Gasteiger partial charge in [0.2, 0.25) is 0 Å². The summed E-state index contributed by atoms with van der Waals surface area (Å²) < 4.78 is 34.2. The number of halogens is 4. The molecule has 0 atom stereocenters. The van der Waals surface area contributed by atoms with Crippen LogP contribution in [0.2, 0.25) is 5.02 Å². The molecule has 9 nitrogen and oxygen atoms in total. The van der Waals surface area contributed by atoms with Crippen molar-refractivity contribution in [3.8, 4) is 0 Å². The molecule has 0 spiro atoms. The summed E-state index contributed by atoms with van der Waals surface area (Å²) in [6.07, 6.45) is 1.33. The number of hydrogen-bond donors (Lipinski definition) is 1. The molecule has 0 aliphatic heterocycles. The second-order valence-corrected chi connectivity index (χ2v) is 12.7. The van der Waals surface area contributed by atoms with Crippen LogP contribution in [-0.4, -0.2) is 55.7 Å². The maximum absolute atomic E-state index is 14.1. The topological polar surface area (TPSA) is 109 Å². The van der Waals surface area contributed by atoms with Gasteiger partial charge in [0, 0.05) is 29.7 Å². The third kappa shape index (κ3) is 7.70. The third-order valence-electron chi connectivity index (χ3n) is 7.08. The third-order valence-corrected chi connectivity index (χ3v) is 8.37. The highest BCUT2D eigenvalue weighted by Gasteiger charge is 2.32. The molecule has 1 saturated carbocycles. The van der Waals surface area contributed by atoms with Gasteiger partial charge in [-0.05, 0) is 99.1 Å². The maximum atomic E-state index is 14.1. The number of anilines is 2. The van der Waals surface area contributed by atoms with E-state index in [1.54, 1.807) is 51.2 Å². The molecule has 13 heteroatoms. The highest BCUT2D eigenvalue weighted by molar-refractivity contribution is 9.10. The van der Waals surface area contributed by atoms with Gasteiger partial charge in [0.05, 0.1) is 16.2 Å². The van der Waals surface area contributed by atoms with Gasteiger partial charge >= 0.3 is 12.1 Å². The van der Waals surface area contributed by atoms with E-state index >= 15 is 0 Å². The summed E-state index contributed by atoms with van der Waals surface area (Å²) in [5, 5.41) is 9.25. The summed E-state index contributed by atoms with van der Waals surface area (Å²) in [6.45, 7) is 5.55. The number of carboxylic acids is 1. The van der Waals surface area contributed by atoms with Gasteiger partial charge in [0.25, 0.3) is 6.43 Å². The first-order valence-corrected chi connectivity index (χ1v) is 14.7. The first-order chi connectivity index (χ1) is 19.7. The van der Waals surface area contributed by atoms with Crippen molar-refractivity contribution in [1.82, 2.24) is 19.9 Å². The second-order valence-electron chi connectivity index (χ2n) is 11.5. The van der Waals surface area contributed by atoms with Gasteiger partial charge in [0.15, 0.2) is 11.6 Å². The highest BCUT2D eigenvalue weighted by atomic mass is 79.9. The van der Waals surface area contributed by atoms with Crippen molar-refractivity contribution in [3.05, 3.63) is 51.3 Å². The molecule has 4 rings (SSSR count). The second kappa shape index (κ2) is 13.1. The summed E-state index contributed by atoms with van der Waals surface area (Å²) in [6, 6.07) is 6.81. The van der Waals surface area contributed by atoms with E-state index in [0.29, 0.717) is 11.0 Å². The first-order valence-electron chi connectivity index (χ1n) is 13.6. The number of carbonyl (C=O) groups is 2. The van der Waals surface area contributed by atoms with Crippen molar-refractivity contribution < 1.29 is 28.2 Å². The number of alkyl halides is 2. The maximum Gasteiger partial charge on any atom is 0.420 e. The molecule has 226 valence electrons. The number of amides is 1. The Labute approximate surface area is 256 Å². The van der Waals surface area contributed by atoms with E-state index in [9.17, 15) is 18.4 Å². The predicted octanol–water partition coefficient (Wildman–Crippen LogP) is 7.92. The van der Waals surface area contributed by atoms with Gasteiger partial charge in [0.1, 0.15) is 11.1 Å². The van der Waals surface area contributed by atoms with Crippen LogP contribution >= 0.6 is 27.5 Å². The molecular formula is C29H33BrClF2N5O4. The smallest absolute Gasteiger partial charge is 0.420 e. The molecule has 42 heavy (non-hydrogen) atoms. The fourth-order valence-corrected chi connectivity index (χ4v) is 5.69. The lowest BCUT2D eigenvalue weighted by molar-refractivity contribution is -0.138. The van der Waals surface area contributed by atoms with Crippen molar-refractivity contribution in [2.75, 3.05) is 11.9 Å².